The maximum atomic E-state index is 13.8. The van der Waals surface area contributed by atoms with E-state index in [4.69, 9.17) is 9.16 Å². The van der Waals surface area contributed by atoms with Crippen LogP contribution in [0.5, 0.6) is 5.75 Å². The molecule has 0 bridgehead atoms. The summed E-state index contributed by atoms with van der Waals surface area (Å²) in [6, 6.07) is 19.0. The number of hydrogen-bond donors (Lipinski definition) is 4. The number of carbonyl (C=O) groups is 2. The van der Waals surface area contributed by atoms with Crippen molar-refractivity contribution in [2.24, 2.45) is 29.6 Å². The van der Waals surface area contributed by atoms with Crippen molar-refractivity contribution in [3.8, 4) is 5.75 Å². The molecule has 0 radical (unpaired) electrons. The molecule has 10 unspecified atom stereocenters. The molecule has 12 heteroatoms. The molecule has 3 aromatic rings. The standard InChI is InChI=1S/C47H59F2NO8Si/c1-29-25-33-6-5-30(2)40(45(33)43(54)26-29)20-17-37(51)27-38(52)28-44(55)57-23-24-59(3,4)58-39-18-9-32(10-19-39)46-41(21-22-42(53)31-7-11-34(48)12-8-31)47(56)50(46)36-15-13-35(49)14-16-36/h5-16,18-19,25,29-30,37-38,40-43,45-46,51-54H,17,20-24,26-28H2,1-4H3. The van der Waals surface area contributed by atoms with Crippen LogP contribution in [0.25, 0.3) is 0 Å². The third-order valence-corrected chi connectivity index (χ3v) is 14.5. The second kappa shape index (κ2) is 19.5. The van der Waals surface area contributed by atoms with Gasteiger partial charge in [-0.3, -0.25) is 9.59 Å². The van der Waals surface area contributed by atoms with Crippen LogP contribution < -0.4 is 9.33 Å². The van der Waals surface area contributed by atoms with Gasteiger partial charge in [-0.15, -0.1) is 0 Å². The number of aliphatic hydroxyl groups excluding tert-OH is 4. The number of benzene rings is 3. The van der Waals surface area contributed by atoms with Crippen LogP contribution in [0.15, 0.2) is 96.6 Å². The maximum absolute atomic E-state index is 13.8. The number of halogens is 2. The van der Waals surface area contributed by atoms with Crippen LogP contribution in [0.2, 0.25) is 19.1 Å². The van der Waals surface area contributed by atoms with Crippen molar-refractivity contribution in [1.29, 1.82) is 0 Å². The number of amides is 1. The Morgan fingerprint density at radius 2 is 1.56 bits per heavy atom. The molecule has 1 fully saturated rings. The van der Waals surface area contributed by atoms with E-state index in [9.17, 15) is 38.8 Å². The molecular weight excluding hydrogens is 773 g/mol. The van der Waals surface area contributed by atoms with E-state index in [1.54, 1.807) is 17.0 Å². The minimum Gasteiger partial charge on any atom is -0.544 e. The quantitative estimate of drug-likeness (QED) is 0.0571. The zero-order chi connectivity index (χ0) is 42.4. The van der Waals surface area contributed by atoms with Crippen molar-refractivity contribution >= 4 is 25.9 Å². The molecule has 1 saturated heterocycles. The summed E-state index contributed by atoms with van der Waals surface area (Å²) in [5, 5.41) is 43.0. The van der Waals surface area contributed by atoms with Crippen LogP contribution in [-0.4, -0.2) is 65.5 Å². The van der Waals surface area contributed by atoms with Crippen molar-refractivity contribution in [3.63, 3.8) is 0 Å². The molecule has 3 aromatic carbocycles. The maximum Gasteiger partial charge on any atom is 0.308 e. The minimum atomic E-state index is -2.39. The van der Waals surface area contributed by atoms with Gasteiger partial charge < -0.3 is 34.5 Å². The summed E-state index contributed by atoms with van der Waals surface area (Å²) in [6.45, 7) is 8.40. The van der Waals surface area contributed by atoms with Crippen LogP contribution in [0.3, 0.4) is 0 Å². The molecule has 10 atom stereocenters. The SMILES string of the molecule is CC1C=C2C=CC(C)C(CCC(O)CC(O)CC(=O)OCC[Si](C)(C)Oc3ccc(C4C(CCC(O)c5ccc(F)cc5)C(=O)N4c4ccc(F)cc4)cc3)C2C(O)C1. The minimum absolute atomic E-state index is 0.0508. The Labute approximate surface area is 347 Å². The lowest BCUT2D eigenvalue weighted by Gasteiger charge is -2.48. The van der Waals surface area contributed by atoms with Gasteiger partial charge in [-0.25, -0.2) is 8.78 Å². The number of allylic oxidation sites excluding steroid dienone is 3. The first-order valence-electron chi connectivity index (χ1n) is 21.0. The molecule has 2 aliphatic carbocycles. The number of carbonyl (C=O) groups excluding carboxylic acids is 2. The summed E-state index contributed by atoms with van der Waals surface area (Å²) >= 11 is 0. The largest absolute Gasteiger partial charge is 0.544 e. The Morgan fingerprint density at radius 3 is 2.24 bits per heavy atom. The first-order chi connectivity index (χ1) is 28.1. The number of β-lactam (4-membered cyclic amide) rings is 1. The van der Waals surface area contributed by atoms with Crippen molar-refractivity contribution in [1.82, 2.24) is 0 Å². The third kappa shape index (κ3) is 11.3. The van der Waals surface area contributed by atoms with Gasteiger partial charge in [0.15, 0.2) is 0 Å². The molecule has 6 rings (SSSR count). The molecule has 0 aromatic heterocycles. The molecule has 1 aliphatic heterocycles. The predicted octanol–water partition coefficient (Wildman–Crippen LogP) is 8.36. The average molecular weight is 832 g/mol. The summed E-state index contributed by atoms with van der Waals surface area (Å²) < 4.78 is 39.1. The van der Waals surface area contributed by atoms with Crippen molar-refractivity contribution in [2.45, 2.75) is 108 Å². The molecule has 0 saturated carbocycles. The molecule has 4 N–H and O–H groups in total. The lowest BCUT2D eigenvalue weighted by molar-refractivity contribution is -0.145. The Hall–Kier alpha value is -4.20. The van der Waals surface area contributed by atoms with E-state index in [1.165, 1.54) is 42.0 Å². The predicted molar refractivity (Wildman–Crippen MR) is 225 cm³/mol. The Morgan fingerprint density at radius 1 is 0.898 bits per heavy atom. The third-order valence-electron chi connectivity index (χ3n) is 12.3. The van der Waals surface area contributed by atoms with Gasteiger partial charge in [0.05, 0.1) is 49.4 Å². The number of aliphatic hydroxyl groups is 4. The molecular formula is C47H59F2NO8Si. The summed E-state index contributed by atoms with van der Waals surface area (Å²) in [6.07, 6.45) is 5.88. The highest BCUT2D eigenvalue weighted by Gasteiger charge is 2.48. The Kier molecular flexibility index (Phi) is 14.6. The number of nitrogens with zero attached hydrogens (tertiary/aromatic N) is 1. The van der Waals surface area contributed by atoms with Crippen molar-refractivity contribution in [2.75, 3.05) is 11.5 Å². The van der Waals surface area contributed by atoms with E-state index in [1.807, 2.05) is 37.4 Å². The summed E-state index contributed by atoms with van der Waals surface area (Å²) in [7, 11) is -2.39. The van der Waals surface area contributed by atoms with Gasteiger partial charge in [-0.05, 0) is 135 Å². The van der Waals surface area contributed by atoms with Gasteiger partial charge in [0.25, 0.3) is 0 Å². The highest BCUT2D eigenvalue weighted by atomic mass is 28.4. The van der Waals surface area contributed by atoms with E-state index in [0.717, 1.165) is 12.0 Å². The lowest BCUT2D eigenvalue weighted by atomic mass is 9.65. The monoisotopic (exact) mass is 831 g/mol. The van der Waals surface area contributed by atoms with Gasteiger partial charge in [0.1, 0.15) is 17.4 Å². The highest BCUT2D eigenvalue weighted by molar-refractivity contribution is 6.71. The second-order valence-corrected chi connectivity index (χ2v) is 21.7. The zero-order valence-electron chi connectivity index (χ0n) is 34.4. The summed E-state index contributed by atoms with van der Waals surface area (Å²) in [5.41, 5.74) is 3.17. The number of rotatable bonds is 18. The molecule has 318 valence electrons. The first kappa shape index (κ1) is 44.4. The number of anilines is 1. The highest BCUT2D eigenvalue weighted by Crippen LogP contribution is 2.47. The Bertz CT molecular complexity index is 1940. The molecule has 9 nitrogen and oxygen atoms in total. The van der Waals surface area contributed by atoms with Crippen LogP contribution in [0.1, 0.15) is 82.1 Å². The van der Waals surface area contributed by atoms with Gasteiger partial charge in [-0.2, -0.15) is 0 Å². The van der Waals surface area contributed by atoms with E-state index in [0.29, 0.717) is 54.6 Å². The van der Waals surface area contributed by atoms with Crippen molar-refractivity contribution in [3.05, 3.63) is 119 Å². The number of ether oxygens (including phenoxy) is 1. The van der Waals surface area contributed by atoms with E-state index < -0.39 is 56.3 Å². The molecule has 59 heavy (non-hydrogen) atoms. The normalized spacial score (nSPS) is 25.7. The molecule has 1 amide bonds. The first-order valence-corrected chi connectivity index (χ1v) is 24.1. The fourth-order valence-corrected chi connectivity index (χ4v) is 10.6. The number of fused-ring (bicyclic) bond motifs is 1. The van der Waals surface area contributed by atoms with Crippen LogP contribution in [-0.2, 0) is 14.3 Å². The van der Waals surface area contributed by atoms with Gasteiger partial charge in [0, 0.05) is 17.6 Å². The number of esters is 1. The van der Waals surface area contributed by atoms with Crippen molar-refractivity contribution < 1.29 is 48.0 Å². The van der Waals surface area contributed by atoms with Gasteiger partial charge in [-0.1, -0.05) is 56.3 Å². The second-order valence-electron chi connectivity index (χ2n) is 17.5. The van der Waals surface area contributed by atoms with E-state index >= 15 is 0 Å². The molecule has 1 heterocycles. The fourth-order valence-electron chi connectivity index (χ4n) is 9.09. The number of hydrogen-bond acceptors (Lipinski definition) is 8. The fraction of sp³-hybridized carbons (Fsp3) is 0.489. The molecule has 3 aliphatic rings. The van der Waals surface area contributed by atoms with Gasteiger partial charge in [0.2, 0.25) is 14.2 Å². The summed E-state index contributed by atoms with van der Waals surface area (Å²) in [4.78, 5) is 27.8. The smallest absolute Gasteiger partial charge is 0.308 e. The van der Waals surface area contributed by atoms with Crippen LogP contribution in [0.4, 0.5) is 14.5 Å². The topological polar surface area (TPSA) is 137 Å². The summed E-state index contributed by atoms with van der Waals surface area (Å²) in [5.74, 6) is -0.439. The van der Waals surface area contributed by atoms with E-state index in [2.05, 4.69) is 32.1 Å². The van der Waals surface area contributed by atoms with Gasteiger partial charge >= 0.3 is 5.97 Å². The van der Waals surface area contributed by atoms with Crippen LogP contribution >= 0.6 is 0 Å². The lowest BCUT2D eigenvalue weighted by Crippen LogP contribution is -2.55. The molecule has 0 spiro atoms. The Balaban J connectivity index is 0.965. The average Bonchev–Trinajstić information content (AvgIpc) is 3.17. The van der Waals surface area contributed by atoms with E-state index in [-0.39, 0.29) is 49.2 Å². The van der Waals surface area contributed by atoms with Crippen LogP contribution in [0, 0.1) is 41.2 Å². The zero-order valence-corrected chi connectivity index (χ0v) is 35.4.